The van der Waals surface area contributed by atoms with Gasteiger partial charge in [0.05, 0.1) is 4.92 Å². The Labute approximate surface area is 112 Å². The molecule has 0 saturated carbocycles. The van der Waals surface area contributed by atoms with Crippen LogP contribution in [0.15, 0.2) is 41.1 Å². The maximum atomic E-state index is 10.9. The fourth-order valence-electron chi connectivity index (χ4n) is 1.42. The molecule has 0 fully saturated rings. The van der Waals surface area contributed by atoms with Gasteiger partial charge in [-0.2, -0.15) is 0 Å². The monoisotopic (exact) mass is 308 g/mol. The number of ether oxygens (including phenoxy) is 1. The Hall–Kier alpha value is -1.95. The van der Waals surface area contributed by atoms with Crippen LogP contribution in [0.5, 0.6) is 11.5 Å². The molecule has 0 aliphatic carbocycles. The van der Waals surface area contributed by atoms with Crippen LogP contribution in [0.4, 0.5) is 5.69 Å². The molecule has 92 valence electrons. The highest BCUT2D eigenvalue weighted by atomic mass is 79.9. The number of halogens is 1. The number of hydrogen-bond acceptors (Lipinski definition) is 4. The van der Waals surface area contributed by atoms with Gasteiger partial charge >= 0.3 is 5.69 Å². The molecule has 0 bridgehead atoms. The van der Waals surface area contributed by atoms with Gasteiger partial charge in [0.25, 0.3) is 0 Å². The summed E-state index contributed by atoms with van der Waals surface area (Å²) in [5.74, 6) is 0.628. The quantitative estimate of drug-likeness (QED) is 0.490. The van der Waals surface area contributed by atoms with Crippen molar-refractivity contribution in [3.63, 3.8) is 0 Å². The van der Waals surface area contributed by atoms with E-state index in [4.69, 9.17) is 4.74 Å². The van der Waals surface area contributed by atoms with Crippen LogP contribution < -0.4 is 4.74 Å². The van der Waals surface area contributed by atoms with E-state index in [1.165, 1.54) is 6.07 Å². The zero-order chi connectivity index (χ0) is 13.1. The van der Waals surface area contributed by atoms with Crippen LogP contribution in [0.25, 0.3) is 0 Å². The third-order valence-corrected chi connectivity index (χ3v) is 2.85. The summed E-state index contributed by atoms with van der Waals surface area (Å²) in [6.07, 6.45) is 1.60. The smallest absolute Gasteiger partial charge is 0.311 e. The van der Waals surface area contributed by atoms with E-state index in [2.05, 4.69) is 20.9 Å². The molecule has 0 radical (unpaired) electrons. The predicted octanol–water partition coefficient (Wildman–Crippen LogP) is 3.85. The lowest BCUT2D eigenvalue weighted by atomic mass is 10.2. The minimum atomic E-state index is -0.466. The van der Waals surface area contributed by atoms with Gasteiger partial charge in [-0.3, -0.25) is 10.1 Å². The lowest BCUT2D eigenvalue weighted by Gasteiger charge is -2.07. The van der Waals surface area contributed by atoms with Gasteiger partial charge in [0.1, 0.15) is 4.60 Å². The predicted molar refractivity (Wildman–Crippen MR) is 69.8 cm³/mol. The molecule has 0 aliphatic rings. The second-order valence-electron chi connectivity index (χ2n) is 3.62. The van der Waals surface area contributed by atoms with E-state index in [-0.39, 0.29) is 11.4 Å². The molecule has 1 aromatic heterocycles. The van der Waals surface area contributed by atoms with E-state index >= 15 is 0 Å². The van der Waals surface area contributed by atoms with Crippen molar-refractivity contribution in [3.05, 3.63) is 56.8 Å². The summed E-state index contributed by atoms with van der Waals surface area (Å²) in [5, 5.41) is 10.9. The highest BCUT2D eigenvalue weighted by Crippen LogP contribution is 2.34. The number of pyridine rings is 1. The second-order valence-corrected chi connectivity index (χ2v) is 4.37. The number of aromatic nitrogens is 1. The van der Waals surface area contributed by atoms with Gasteiger partial charge in [0.2, 0.25) is 5.75 Å². The zero-order valence-corrected chi connectivity index (χ0v) is 11.0. The first-order valence-corrected chi connectivity index (χ1v) is 5.90. The van der Waals surface area contributed by atoms with Crippen LogP contribution in [0.3, 0.4) is 0 Å². The topological polar surface area (TPSA) is 65.3 Å². The van der Waals surface area contributed by atoms with Crippen molar-refractivity contribution in [1.29, 1.82) is 0 Å². The summed E-state index contributed by atoms with van der Waals surface area (Å²) in [5.41, 5.74) is 0.741. The SMILES string of the molecule is Cc1ccc(Oc2cccnc2Br)c([N+](=O)[O-])c1. The van der Waals surface area contributed by atoms with Crippen LogP contribution in [0.2, 0.25) is 0 Å². The molecule has 1 heterocycles. The number of nitro benzene ring substituents is 1. The average molecular weight is 309 g/mol. The Bertz CT molecular complexity index is 602. The first-order valence-electron chi connectivity index (χ1n) is 5.11. The Morgan fingerprint density at radius 1 is 1.33 bits per heavy atom. The van der Waals surface area contributed by atoms with Gasteiger partial charge in [-0.25, -0.2) is 4.98 Å². The molecule has 0 aliphatic heterocycles. The van der Waals surface area contributed by atoms with Gasteiger partial charge in [-0.1, -0.05) is 6.07 Å². The molecule has 0 amide bonds. The molecule has 0 saturated heterocycles. The van der Waals surface area contributed by atoms with E-state index < -0.39 is 4.92 Å². The van der Waals surface area contributed by atoms with Crippen molar-refractivity contribution in [2.24, 2.45) is 0 Å². The third kappa shape index (κ3) is 2.65. The summed E-state index contributed by atoms with van der Waals surface area (Å²) in [4.78, 5) is 14.5. The second kappa shape index (κ2) is 5.14. The number of rotatable bonds is 3. The molecule has 18 heavy (non-hydrogen) atoms. The Balaban J connectivity index is 2.41. The third-order valence-electron chi connectivity index (χ3n) is 2.26. The highest BCUT2D eigenvalue weighted by Gasteiger charge is 2.16. The van der Waals surface area contributed by atoms with Gasteiger partial charge in [-0.15, -0.1) is 0 Å². The molecule has 2 rings (SSSR count). The Morgan fingerprint density at radius 2 is 2.11 bits per heavy atom. The van der Waals surface area contributed by atoms with Crippen molar-refractivity contribution in [2.75, 3.05) is 0 Å². The lowest BCUT2D eigenvalue weighted by molar-refractivity contribution is -0.385. The van der Waals surface area contributed by atoms with Crippen LogP contribution >= 0.6 is 15.9 Å². The van der Waals surface area contributed by atoms with Crippen molar-refractivity contribution in [2.45, 2.75) is 6.92 Å². The van der Waals surface area contributed by atoms with E-state index in [1.807, 2.05) is 0 Å². The molecular formula is C12H9BrN2O3. The first kappa shape index (κ1) is 12.5. The molecule has 1 aromatic carbocycles. The van der Waals surface area contributed by atoms with Crippen LogP contribution in [-0.4, -0.2) is 9.91 Å². The zero-order valence-electron chi connectivity index (χ0n) is 9.46. The maximum absolute atomic E-state index is 10.9. The standard InChI is InChI=1S/C12H9BrN2O3/c1-8-4-5-10(9(7-8)15(16)17)18-11-3-2-6-14-12(11)13/h2-7H,1H3. The van der Waals surface area contributed by atoms with E-state index in [9.17, 15) is 10.1 Å². The lowest BCUT2D eigenvalue weighted by Crippen LogP contribution is -1.95. The molecule has 2 aromatic rings. The van der Waals surface area contributed by atoms with Crippen molar-refractivity contribution >= 4 is 21.6 Å². The fourth-order valence-corrected chi connectivity index (χ4v) is 1.75. The summed E-state index contributed by atoms with van der Waals surface area (Å²) in [7, 11) is 0. The maximum Gasteiger partial charge on any atom is 0.311 e. The highest BCUT2D eigenvalue weighted by molar-refractivity contribution is 9.10. The number of aryl methyl sites for hydroxylation is 1. The fraction of sp³-hybridized carbons (Fsp3) is 0.0833. The minimum Gasteiger partial charge on any atom is -0.447 e. The van der Waals surface area contributed by atoms with Crippen molar-refractivity contribution < 1.29 is 9.66 Å². The molecule has 0 atom stereocenters. The van der Waals surface area contributed by atoms with Gasteiger partial charge in [0.15, 0.2) is 5.75 Å². The summed E-state index contributed by atoms with van der Waals surface area (Å²) in [6.45, 7) is 1.79. The summed E-state index contributed by atoms with van der Waals surface area (Å²) >= 11 is 3.22. The van der Waals surface area contributed by atoms with E-state index in [1.54, 1.807) is 37.4 Å². The molecule has 6 heteroatoms. The minimum absolute atomic E-state index is 0.0641. The number of benzene rings is 1. The van der Waals surface area contributed by atoms with Crippen LogP contribution in [0.1, 0.15) is 5.56 Å². The largest absolute Gasteiger partial charge is 0.447 e. The number of nitrogens with zero attached hydrogens (tertiary/aromatic N) is 2. The van der Waals surface area contributed by atoms with Gasteiger partial charge in [-0.05, 0) is 46.6 Å². The normalized spacial score (nSPS) is 10.1. The molecular weight excluding hydrogens is 300 g/mol. The first-order chi connectivity index (χ1) is 8.58. The van der Waals surface area contributed by atoms with Crippen molar-refractivity contribution in [3.8, 4) is 11.5 Å². The Morgan fingerprint density at radius 3 is 2.78 bits per heavy atom. The van der Waals surface area contributed by atoms with E-state index in [0.717, 1.165) is 5.56 Å². The van der Waals surface area contributed by atoms with E-state index in [0.29, 0.717) is 10.4 Å². The molecule has 0 N–H and O–H groups in total. The molecule has 5 nitrogen and oxygen atoms in total. The summed E-state index contributed by atoms with van der Waals surface area (Å²) in [6, 6.07) is 8.18. The number of hydrogen-bond donors (Lipinski definition) is 0. The average Bonchev–Trinajstić information content (AvgIpc) is 2.34. The molecule has 0 unspecified atom stereocenters. The number of nitro groups is 1. The summed E-state index contributed by atoms with van der Waals surface area (Å²) < 4.78 is 6.01. The van der Waals surface area contributed by atoms with Crippen LogP contribution in [0, 0.1) is 17.0 Å². The molecule has 0 spiro atoms. The van der Waals surface area contributed by atoms with Crippen molar-refractivity contribution in [1.82, 2.24) is 4.98 Å². The van der Waals surface area contributed by atoms with Crippen LogP contribution in [-0.2, 0) is 0 Å². The van der Waals surface area contributed by atoms with Gasteiger partial charge in [0, 0.05) is 12.3 Å². The van der Waals surface area contributed by atoms with Gasteiger partial charge < -0.3 is 4.74 Å². The Kier molecular flexibility index (Phi) is 3.57.